The van der Waals surface area contributed by atoms with Crippen LogP contribution in [0.3, 0.4) is 0 Å². The first kappa shape index (κ1) is 23.7. The average Bonchev–Trinajstić information content (AvgIpc) is 2.63. The fraction of sp³-hybridized carbons (Fsp3) is 0.760. The predicted molar refractivity (Wildman–Crippen MR) is 116 cm³/mol. The van der Waals surface area contributed by atoms with Gasteiger partial charge in [0.15, 0.2) is 0 Å². The molecule has 0 aliphatic heterocycles. The van der Waals surface area contributed by atoms with Crippen LogP contribution < -0.4 is 0 Å². The monoisotopic (exact) mass is 404 g/mol. The Morgan fingerprint density at radius 1 is 1.31 bits per heavy atom. The van der Waals surface area contributed by atoms with Gasteiger partial charge in [0.2, 0.25) is 0 Å². The summed E-state index contributed by atoms with van der Waals surface area (Å²) in [7, 11) is 0. The van der Waals surface area contributed by atoms with Gasteiger partial charge in [0.05, 0.1) is 5.92 Å². The average molecular weight is 405 g/mol. The lowest BCUT2D eigenvalue weighted by molar-refractivity contribution is -0.147. The number of esters is 1. The van der Waals surface area contributed by atoms with Crippen molar-refractivity contribution in [1.82, 2.24) is 0 Å². The maximum atomic E-state index is 12.0. The van der Waals surface area contributed by atoms with E-state index in [0.29, 0.717) is 35.7 Å². The summed E-state index contributed by atoms with van der Waals surface area (Å²) in [6.07, 6.45) is 9.46. The van der Waals surface area contributed by atoms with E-state index in [1.54, 1.807) is 0 Å². The van der Waals surface area contributed by atoms with Gasteiger partial charge in [-0.2, -0.15) is 0 Å². The molecule has 0 spiro atoms. The van der Waals surface area contributed by atoms with Crippen molar-refractivity contribution < 1.29 is 19.4 Å². The molecule has 164 valence electrons. The van der Waals surface area contributed by atoms with Crippen molar-refractivity contribution in [2.24, 2.45) is 28.6 Å². The highest BCUT2D eigenvalue weighted by atomic mass is 16.5. The number of hydrogen-bond donors (Lipinski definition) is 1. The SMILES string of the molecule is C=C1CC[C@@H]2C(C)(C)CCC[C@@]2(C)[C@@H]1CC/C(=C/C(=O)O)COC(=O)[C@H](C)CC. The summed E-state index contributed by atoms with van der Waals surface area (Å²) in [6, 6.07) is 0. The Morgan fingerprint density at radius 3 is 2.62 bits per heavy atom. The van der Waals surface area contributed by atoms with E-state index in [1.807, 2.05) is 13.8 Å². The number of aliphatic carboxylic acids is 1. The molecule has 0 unspecified atom stereocenters. The second-order valence-electron chi connectivity index (χ2n) is 10.2. The number of carboxylic acid groups (broad SMARTS) is 1. The van der Waals surface area contributed by atoms with Gasteiger partial charge in [-0.25, -0.2) is 4.79 Å². The zero-order chi connectivity index (χ0) is 21.8. The second kappa shape index (κ2) is 9.49. The first-order valence-corrected chi connectivity index (χ1v) is 11.3. The van der Waals surface area contributed by atoms with Gasteiger partial charge in [-0.15, -0.1) is 0 Å². The summed E-state index contributed by atoms with van der Waals surface area (Å²) < 4.78 is 5.40. The largest absolute Gasteiger partial charge is 0.478 e. The Balaban J connectivity index is 2.11. The Labute approximate surface area is 176 Å². The molecule has 0 aromatic heterocycles. The lowest BCUT2D eigenvalue weighted by atomic mass is 9.47. The lowest BCUT2D eigenvalue weighted by Crippen LogP contribution is -2.49. The van der Waals surface area contributed by atoms with Crippen molar-refractivity contribution in [3.8, 4) is 0 Å². The van der Waals surface area contributed by atoms with Crippen molar-refractivity contribution in [2.75, 3.05) is 6.61 Å². The number of carbonyl (C=O) groups excluding carboxylic acids is 1. The van der Waals surface area contributed by atoms with Crippen LogP contribution in [0.25, 0.3) is 0 Å². The van der Waals surface area contributed by atoms with Crippen LogP contribution in [0.4, 0.5) is 0 Å². The molecule has 29 heavy (non-hydrogen) atoms. The molecule has 4 nitrogen and oxygen atoms in total. The third kappa shape index (κ3) is 5.52. The molecule has 0 amide bonds. The molecular weight excluding hydrogens is 364 g/mol. The minimum Gasteiger partial charge on any atom is -0.478 e. The van der Waals surface area contributed by atoms with E-state index in [1.165, 1.54) is 37.3 Å². The molecule has 0 saturated heterocycles. The maximum absolute atomic E-state index is 12.0. The van der Waals surface area contributed by atoms with Crippen molar-refractivity contribution in [3.63, 3.8) is 0 Å². The number of allylic oxidation sites excluding steroid dienone is 1. The standard InChI is InChI=1S/C25H40O4/c1-7-17(2)23(28)29-16-19(15-22(26)27)10-11-20-18(3)9-12-21-24(4,5)13-8-14-25(20,21)6/h15,17,20-21H,3,7-14,16H2,1-2,4-6H3,(H,26,27)/b19-15-/t17-,20-,21-,25+/m1/s1. The molecule has 0 radical (unpaired) electrons. The lowest BCUT2D eigenvalue weighted by Gasteiger charge is -2.58. The van der Waals surface area contributed by atoms with Crippen molar-refractivity contribution in [2.45, 2.75) is 86.0 Å². The van der Waals surface area contributed by atoms with Gasteiger partial charge < -0.3 is 9.84 Å². The van der Waals surface area contributed by atoms with Crippen LogP contribution in [0.15, 0.2) is 23.8 Å². The van der Waals surface area contributed by atoms with Crippen LogP contribution >= 0.6 is 0 Å². The summed E-state index contributed by atoms with van der Waals surface area (Å²) in [4.78, 5) is 23.3. The highest BCUT2D eigenvalue weighted by molar-refractivity contribution is 5.81. The number of carboxylic acids is 1. The fourth-order valence-electron chi connectivity index (χ4n) is 5.97. The van der Waals surface area contributed by atoms with E-state index in [0.717, 1.165) is 12.8 Å². The van der Waals surface area contributed by atoms with Gasteiger partial charge in [0, 0.05) is 6.08 Å². The Morgan fingerprint density at radius 2 is 2.00 bits per heavy atom. The zero-order valence-electron chi connectivity index (χ0n) is 19.1. The summed E-state index contributed by atoms with van der Waals surface area (Å²) in [6.45, 7) is 15.5. The zero-order valence-corrected chi connectivity index (χ0v) is 19.1. The van der Waals surface area contributed by atoms with Gasteiger partial charge in [-0.3, -0.25) is 4.79 Å². The maximum Gasteiger partial charge on any atom is 0.328 e. The van der Waals surface area contributed by atoms with Gasteiger partial charge >= 0.3 is 11.9 Å². The van der Waals surface area contributed by atoms with Crippen molar-refractivity contribution >= 4 is 11.9 Å². The predicted octanol–water partition coefficient (Wildman–Crippen LogP) is 6.17. The molecule has 0 aromatic rings. The number of ether oxygens (including phenoxy) is 1. The third-order valence-corrected chi connectivity index (χ3v) is 7.82. The van der Waals surface area contributed by atoms with E-state index in [-0.39, 0.29) is 23.9 Å². The van der Waals surface area contributed by atoms with Crippen molar-refractivity contribution in [3.05, 3.63) is 23.8 Å². The molecule has 2 fully saturated rings. The van der Waals surface area contributed by atoms with Gasteiger partial charge in [0.25, 0.3) is 0 Å². The summed E-state index contributed by atoms with van der Waals surface area (Å²) in [5.41, 5.74) is 2.56. The number of fused-ring (bicyclic) bond motifs is 1. The molecule has 0 aromatic carbocycles. The summed E-state index contributed by atoms with van der Waals surface area (Å²) in [5.74, 6) is -0.335. The highest BCUT2D eigenvalue weighted by Crippen LogP contribution is 2.61. The normalized spacial score (nSPS) is 30.4. The van der Waals surface area contributed by atoms with Crippen LogP contribution in [-0.2, 0) is 14.3 Å². The van der Waals surface area contributed by atoms with E-state index >= 15 is 0 Å². The minimum atomic E-state index is -0.982. The second-order valence-corrected chi connectivity index (χ2v) is 10.2. The smallest absolute Gasteiger partial charge is 0.328 e. The highest BCUT2D eigenvalue weighted by Gasteiger charge is 2.52. The summed E-state index contributed by atoms with van der Waals surface area (Å²) in [5, 5.41) is 9.27. The topological polar surface area (TPSA) is 63.6 Å². The third-order valence-electron chi connectivity index (χ3n) is 7.82. The van der Waals surface area contributed by atoms with E-state index in [4.69, 9.17) is 4.74 Å². The number of rotatable bonds is 8. The van der Waals surface area contributed by atoms with Crippen LogP contribution in [0, 0.1) is 28.6 Å². The molecule has 0 bridgehead atoms. The Hall–Kier alpha value is -1.58. The van der Waals surface area contributed by atoms with Crippen LogP contribution in [-0.4, -0.2) is 23.7 Å². The molecule has 0 heterocycles. The summed E-state index contributed by atoms with van der Waals surface area (Å²) >= 11 is 0. The molecular formula is C25H40O4. The van der Waals surface area contributed by atoms with Gasteiger partial charge in [-0.05, 0) is 73.2 Å². The number of hydrogen-bond acceptors (Lipinski definition) is 3. The van der Waals surface area contributed by atoms with E-state index < -0.39 is 5.97 Å². The molecule has 2 aliphatic rings. The van der Waals surface area contributed by atoms with Gasteiger partial charge in [-0.1, -0.05) is 53.2 Å². The van der Waals surface area contributed by atoms with Crippen LogP contribution in [0.5, 0.6) is 0 Å². The molecule has 2 rings (SSSR count). The quantitative estimate of drug-likeness (QED) is 0.299. The molecule has 2 saturated carbocycles. The Bertz CT molecular complexity index is 660. The molecule has 4 atom stereocenters. The number of carbonyl (C=O) groups is 2. The molecule has 1 N–H and O–H groups in total. The molecule has 2 aliphatic carbocycles. The minimum absolute atomic E-state index is 0.0697. The van der Waals surface area contributed by atoms with Crippen LogP contribution in [0.1, 0.15) is 86.0 Å². The van der Waals surface area contributed by atoms with Crippen LogP contribution in [0.2, 0.25) is 0 Å². The fourth-order valence-corrected chi connectivity index (χ4v) is 5.97. The molecule has 4 heteroatoms. The van der Waals surface area contributed by atoms with Crippen molar-refractivity contribution in [1.29, 1.82) is 0 Å². The first-order valence-electron chi connectivity index (χ1n) is 11.3. The van der Waals surface area contributed by atoms with E-state index in [9.17, 15) is 14.7 Å². The van der Waals surface area contributed by atoms with E-state index in [2.05, 4.69) is 27.4 Å². The first-order chi connectivity index (χ1) is 13.5. The van der Waals surface area contributed by atoms with Gasteiger partial charge in [0.1, 0.15) is 6.61 Å². The Kier molecular flexibility index (Phi) is 7.75.